The fraction of sp³-hybridized carbons (Fsp3) is 0.538. The second kappa shape index (κ2) is 5.86. The predicted octanol–water partition coefficient (Wildman–Crippen LogP) is 3.13. The van der Waals surface area contributed by atoms with Crippen LogP contribution >= 0.6 is 0 Å². The number of nitrogens with two attached hydrogens (primary N) is 1. The van der Waals surface area contributed by atoms with Crippen LogP contribution in [0.1, 0.15) is 32.3 Å². The number of hydrogen-bond donors (Lipinski definition) is 1. The maximum absolute atomic E-state index is 13.3. The van der Waals surface area contributed by atoms with Gasteiger partial charge in [0.2, 0.25) is 0 Å². The van der Waals surface area contributed by atoms with Gasteiger partial charge >= 0.3 is 0 Å². The van der Waals surface area contributed by atoms with Crippen molar-refractivity contribution in [2.24, 2.45) is 11.7 Å². The molecule has 0 aliphatic carbocycles. The Hall–Kier alpha value is -0.890. The van der Waals surface area contributed by atoms with Gasteiger partial charge in [0, 0.05) is 6.04 Å². The van der Waals surface area contributed by atoms with E-state index in [0.29, 0.717) is 12.3 Å². The van der Waals surface area contributed by atoms with E-state index in [-0.39, 0.29) is 11.9 Å². The zero-order valence-corrected chi connectivity index (χ0v) is 9.54. The first-order valence-corrected chi connectivity index (χ1v) is 5.58. The summed E-state index contributed by atoms with van der Waals surface area (Å²) in [4.78, 5) is 0. The second-order valence-electron chi connectivity index (χ2n) is 4.53. The Morgan fingerprint density at radius 1 is 1.20 bits per heavy atom. The molecule has 1 atom stereocenters. The Balaban J connectivity index is 2.44. The quantitative estimate of drug-likeness (QED) is 0.792. The van der Waals surface area contributed by atoms with Crippen LogP contribution in [0.3, 0.4) is 0 Å². The van der Waals surface area contributed by atoms with E-state index in [1.54, 1.807) is 6.07 Å². The molecule has 84 valence electrons. The van der Waals surface area contributed by atoms with Crippen molar-refractivity contribution in [3.63, 3.8) is 0 Å². The van der Waals surface area contributed by atoms with Gasteiger partial charge in [0.05, 0.1) is 0 Å². The molecule has 0 bridgehead atoms. The van der Waals surface area contributed by atoms with Gasteiger partial charge in [-0.15, -0.1) is 0 Å². The summed E-state index contributed by atoms with van der Waals surface area (Å²) in [5, 5.41) is 0. The minimum Gasteiger partial charge on any atom is -0.327 e. The molecule has 2 heteroatoms. The molecule has 0 saturated carbocycles. The van der Waals surface area contributed by atoms with E-state index >= 15 is 0 Å². The zero-order valence-electron chi connectivity index (χ0n) is 9.54. The molecule has 1 rings (SSSR count). The molecule has 2 N–H and O–H groups in total. The molecule has 0 aromatic heterocycles. The highest BCUT2D eigenvalue weighted by atomic mass is 19.1. The third-order valence-corrected chi connectivity index (χ3v) is 2.55. The van der Waals surface area contributed by atoms with Crippen LogP contribution in [0.2, 0.25) is 0 Å². The summed E-state index contributed by atoms with van der Waals surface area (Å²) in [6, 6.07) is 6.94. The second-order valence-corrected chi connectivity index (χ2v) is 4.53. The standard InChI is InChI=1S/C13H20FN/c1-10(2)7-8-12(15)9-11-5-3-4-6-13(11)14/h3-6,10,12H,7-9,15H2,1-2H3. The maximum atomic E-state index is 13.3. The first-order valence-electron chi connectivity index (χ1n) is 5.58. The van der Waals surface area contributed by atoms with E-state index in [2.05, 4.69) is 13.8 Å². The predicted molar refractivity (Wildman–Crippen MR) is 62.2 cm³/mol. The number of rotatable bonds is 5. The van der Waals surface area contributed by atoms with Crippen LogP contribution in [0.5, 0.6) is 0 Å². The fourth-order valence-corrected chi connectivity index (χ4v) is 1.60. The third-order valence-electron chi connectivity index (χ3n) is 2.55. The molecule has 0 amide bonds. The van der Waals surface area contributed by atoms with Gasteiger partial charge < -0.3 is 5.73 Å². The summed E-state index contributed by atoms with van der Waals surface area (Å²) in [7, 11) is 0. The highest BCUT2D eigenvalue weighted by Crippen LogP contribution is 2.12. The summed E-state index contributed by atoms with van der Waals surface area (Å²) >= 11 is 0. The van der Waals surface area contributed by atoms with Crippen LogP contribution in [0.25, 0.3) is 0 Å². The van der Waals surface area contributed by atoms with Gasteiger partial charge in [-0.05, 0) is 36.8 Å². The Morgan fingerprint density at radius 2 is 1.87 bits per heavy atom. The monoisotopic (exact) mass is 209 g/mol. The molecule has 1 aromatic rings. The first kappa shape index (κ1) is 12.2. The van der Waals surface area contributed by atoms with Gasteiger partial charge in [-0.25, -0.2) is 4.39 Å². The van der Waals surface area contributed by atoms with Crippen molar-refractivity contribution in [2.75, 3.05) is 0 Å². The van der Waals surface area contributed by atoms with Crippen molar-refractivity contribution in [3.05, 3.63) is 35.6 Å². The minimum absolute atomic E-state index is 0.0734. The zero-order chi connectivity index (χ0) is 11.3. The van der Waals surface area contributed by atoms with Crippen LogP contribution in [0.4, 0.5) is 4.39 Å². The normalized spacial score (nSPS) is 13.1. The van der Waals surface area contributed by atoms with Crippen LogP contribution in [0, 0.1) is 11.7 Å². The minimum atomic E-state index is -0.141. The van der Waals surface area contributed by atoms with E-state index in [4.69, 9.17) is 5.73 Å². The van der Waals surface area contributed by atoms with Crippen LogP contribution in [0.15, 0.2) is 24.3 Å². The average molecular weight is 209 g/mol. The van der Waals surface area contributed by atoms with Crippen LogP contribution in [-0.4, -0.2) is 6.04 Å². The Bertz CT molecular complexity index is 296. The smallest absolute Gasteiger partial charge is 0.126 e. The summed E-state index contributed by atoms with van der Waals surface area (Å²) in [5.74, 6) is 0.522. The average Bonchev–Trinajstić information content (AvgIpc) is 2.18. The molecule has 0 saturated heterocycles. The van der Waals surface area contributed by atoms with E-state index in [9.17, 15) is 4.39 Å². The van der Waals surface area contributed by atoms with Crippen LogP contribution < -0.4 is 5.73 Å². The van der Waals surface area contributed by atoms with Crippen molar-refractivity contribution in [3.8, 4) is 0 Å². The third kappa shape index (κ3) is 4.43. The van der Waals surface area contributed by atoms with Crippen LogP contribution in [-0.2, 0) is 6.42 Å². The lowest BCUT2D eigenvalue weighted by atomic mass is 9.98. The Kier molecular flexibility index (Phi) is 4.76. The summed E-state index contributed by atoms with van der Waals surface area (Å²) in [6.45, 7) is 4.35. The molecule has 15 heavy (non-hydrogen) atoms. The number of hydrogen-bond acceptors (Lipinski definition) is 1. The molecule has 0 heterocycles. The van der Waals surface area contributed by atoms with Gasteiger partial charge in [-0.2, -0.15) is 0 Å². The van der Waals surface area contributed by atoms with Crippen molar-refractivity contribution >= 4 is 0 Å². The summed E-state index contributed by atoms with van der Waals surface area (Å²) < 4.78 is 13.3. The van der Waals surface area contributed by atoms with Gasteiger partial charge in [0.1, 0.15) is 5.82 Å². The van der Waals surface area contributed by atoms with E-state index in [1.807, 2.05) is 12.1 Å². The highest BCUT2D eigenvalue weighted by molar-refractivity contribution is 5.18. The van der Waals surface area contributed by atoms with Crippen molar-refractivity contribution in [2.45, 2.75) is 39.2 Å². The number of halogens is 1. The summed E-state index contributed by atoms with van der Waals surface area (Å²) in [5.41, 5.74) is 6.69. The molecular formula is C13H20FN. The van der Waals surface area contributed by atoms with Gasteiger partial charge in [-0.1, -0.05) is 32.0 Å². The van der Waals surface area contributed by atoms with Crippen molar-refractivity contribution in [1.29, 1.82) is 0 Å². The van der Waals surface area contributed by atoms with E-state index < -0.39 is 0 Å². The molecular weight excluding hydrogens is 189 g/mol. The first-order chi connectivity index (χ1) is 7.09. The fourth-order valence-electron chi connectivity index (χ4n) is 1.60. The molecule has 0 aliphatic heterocycles. The molecule has 1 nitrogen and oxygen atoms in total. The topological polar surface area (TPSA) is 26.0 Å². The number of benzene rings is 1. The van der Waals surface area contributed by atoms with Gasteiger partial charge in [-0.3, -0.25) is 0 Å². The molecule has 0 radical (unpaired) electrons. The largest absolute Gasteiger partial charge is 0.327 e. The molecule has 1 unspecified atom stereocenters. The highest BCUT2D eigenvalue weighted by Gasteiger charge is 2.08. The lowest BCUT2D eigenvalue weighted by Gasteiger charge is -2.13. The molecule has 0 aliphatic rings. The Morgan fingerprint density at radius 3 is 2.47 bits per heavy atom. The lowest BCUT2D eigenvalue weighted by molar-refractivity contribution is 0.488. The van der Waals surface area contributed by atoms with E-state index in [1.165, 1.54) is 6.07 Å². The maximum Gasteiger partial charge on any atom is 0.126 e. The molecule has 1 aromatic carbocycles. The van der Waals surface area contributed by atoms with E-state index in [0.717, 1.165) is 18.4 Å². The summed E-state index contributed by atoms with van der Waals surface area (Å²) in [6.07, 6.45) is 2.71. The molecule has 0 fully saturated rings. The van der Waals surface area contributed by atoms with Crippen molar-refractivity contribution in [1.82, 2.24) is 0 Å². The molecule has 0 spiro atoms. The lowest BCUT2D eigenvalue weighted by Crippen LogP contribution is -2.23. The van der Waals surface area contributed by atoms with Gasteiger partial charge in [0.25, 0.3) is 0 Å². The van der Waals surface area contributed by atoms with Gasteiger partial charge in [0.15, 0.2) is 0 Å². The van der Waals surface area contributed by atoms with Crippen molar-refractivity contribution < 1.29 is 4.39 Å². The SMILES string of the molecule is CC(C)CCC(N)Cc1ccccc1F. The Labute approximate surface area is 91.5 Å².